The van der Waals surface area contributed by atoms with Crippen LogP contribution >= 0.6 is 0 Å². The van der Waals surface area contributed by atoms with Gasteiger partial charge < -0.3 is 16.4 Å². The van der Waals surface area contributed by atoms with Gasteiger partial charge in [-0.25, -0.2) is 0 Å². The molecule has 20 heavy (non-hydrogen) atoms. The third-order valence-electron chi connectivity index (χ3n) is 3.05. The van der Waals surface area contributed by atoms with Crippen LogP contribution in [0.25, 0.3) is 0 Å². The zero-order valence-corrected chi connectivity index (χ0v) is 10.5. The van der Waals surface area contributed by atoms with Gasteiger partial charge >= 0.3 is 0 Å². The van der Waals surface area contributed by atoms with Crippen LogP contribution in [0.15, 0.2) is 36.7 Å². The molecule has 1 aromatic heterocycles. The second kappa shape index (κ2) is 4.69. The number of benzene rings is 1. The molecule has 7 heteroatoms. The minimum Gasteiger partial charge on any atom is -0.368 e. The van der Waals surface area contributed by atoms with Crippen LogP contribution in [0, 0.1) is 0 Å². The maximum absolute atomic E-state index is 11.9. The summed E-state index contributed by atoms with van der Waals surface area (Å²) in [6.45, 7) is 0.00906. The number of nitrogens with one attached hydrogen (secondary N) is 2. The third kappa shape index (κ3) is 2.20. The average Bonchev–Trinajstić information content (AvgIpc) is 2.95. The highest BCUT2D eigenvalue weighted by Crippen LogP contribution is 2.32. The lowest BCUT2D eigenvalue weighted by Gasteiger charge is -2.10. The zero-order valence-electron chi connectivity index (χ0n) is 10.5. The summed E-state index contributed by atoms with van der Waals surface area (Å²) in [6, 6.07) is 7.03. The molecule has 1 aliphatic rings. The van der Waals surface area contributed by atoms with Crippen molar-refractivity contribution in [2.45, 2.75) is 12.6 Å². The van der Waals surface area contributed by atoms with E-state index in [4.69, 9.17) is 5.73 Å². The summed E-state index contributed by atoms with van der Waals surface area (Å²) in [5, 5.41) is 9.90. The Labute approximate surface area is 114 Å². The van der Waals surface area contributed by atoms with Crippen molar-refractivity contribution in [3.8, 4) is 0 Å². The summed E-state index contributed by atoms with van der Waals surface area (Å²) in [6.07, 6.45) is 3.19. The van der Waals surface area contributed by atoms with Crippen LogP contribution in [0.3, 0.4) is 0 Å². The predicted octanol–water partition coefficient (Wildman–Crippen LogP) is 0.474. The molecule has 3 rings (SSSR count). The third-order valence-corrected chi connectivity index (χ3v) is 3.05. The largest absolute Gasteiger partial charge is 0.368 e. The van der Waals surface area contributed by atoms with Crippen molar-refractivity contribution in [3.63, 3.8) is 0 Å². The molecule has 2 heterocycles. The average molecular weight is 271 g/mol. The van der Waals surface area contributed by atoms with E-state index < -0.39 is 11.9 Å². The fourth-order valence-corrected chi connectivity index (χ4v) is 2.20. The van der Waals surface area contributed by atoms with Crippen molar-refractivity contribution in [1.82, 2.24) is 9.78 Å². The molecule has 102 valence electrons. The summed E-state index contributed by atoms with van der Waals surface area (Å²) in [5.74, 6) is -0.586. The molecule has 4 N–H and O–H groups in total. The Balaban J connectivity index is 1.79. The zero-order chi connectivity index (χ0) is 14.1. The van der Waals surface area contributed by atoms with Gasteiger partial charge in [0.2, 0.25) is 5.91 Å². The first-order chi connectivity index (χ1) is 9.63. The fraction of sp³-hybridized carbons (Fsp3) is 0.154. The highest BCUT2D eigenvalue weighted by Gasteiger charge is 2.30. The number of primary amides is 1. The smallest absolute Gasteiger partial charge is 0.251 e. The number of rotatable bonds is 4. The van der Waals surface area contributed by atoms with E-state index in [1.165, 1.54) is 4.68 Å². The van der Waals surface area contributed by atoms with Crippen LogP contribution in [0.5, 0.6) is 0 Å². The van der Waals surface area contributed by atoms with Gasteiger partial charge in [0.25, 0.3) is 5.91 Å². The van der Waals surface area contributed by atoms with E-state index >= 15 is 0 Å². The van der Waals surface area contributed by atoms with Crippen molar-refractivity contribution >= 4 is 23.2 Å². The van der Waals surface area contributed by atoms with Gasteiger partial charge in [-0.2, -0.15) is 5.10 Å². The van der Waals surface area contributed by atoms with Gasteiger partial charge in [0, 0.05) is 17.4 Å². The van der Waals surface area contributed by atoms with E-state index in [1.54, 1.807) is 12.4 Å². The molecule has 0 aliphatic carbocycles. The number of nitrogens with two attached hydrogens (primary N) is 1. The second-order valence-corrected chi connectivity index (χ2v) is 4.55. The topological polar surface area (TPSA) is 102 Å². The van der Waals surface area contributed by atoms with Crippen LogP contribution in [0.4, 0.5) is 11.4 Å². The summed E-state index contributed by atoms with van der Waals surface area (Å²) in [5.41, 5.74) is 7.45. The molecule has 0 saturated carbocycles. The molecule has 0 spiro atoms. The second-order valence-electron chi connectivity index (χ2n) is 4.55. The summed E-state index contributed by atoms with van der Waals surface area (Å²) in [4.78, 5) is 22.8. The van der Waals surface area contributed by atoms with Crippen molar-refractivity contribution in [2.75, 3.05) is 10.6 Å². The van der Waals surface area contributed by atoms with Crippen LogP contribution in [0.1, 0.15) is 11.6 Å². The standard InChI is InChI=1S/C13H13N5O2/c14-11(19)7-18-6-8(5-15-18)16-12-9-3-1-2-4-10(9)17-13(12)20/h1-6,12,16H,7H2,(H2,14,19)(H,17,20). The Morgan fingerprint density at radius 3 is 3.05 bits per heavy atom. The summed E-state index contributed by atoms with van der Waals surface area (Å²) < 4.78 is 1.42. The molecule has 7 nitrogen and oxygen atoms in total. The number of hydrogen-bond donors (Lipinski definition) is 3. The Bertz CT molecular complexity index is 679. The number of para-hydroxylation sites is 1. The molecular formula is C13H13N5O2. The van der Waals surface area contributed by atoms with Crippen LogP contribution in [0.2, 0.25) is 0 Å². The maximum atomic E-state index is 11.9. The highest BCUT2D eigenvalue weighted by atomic mass is 16.2. The van der Waals surface area contributed by atoms with Gasteiger partial charge in [-0.3, -0.25) is 14.3 Å². The molecule has 1 unspecified atom stereocenters. The van der Waals surface area contributed by atoms with E-state index in [1.807, 2.05) is 24.3 Å². The van der Waals surface area contributed by atoms with E-state index in [-0.39, 0.29) is 12.5 Å². The maximum Gasteiger partial charge on any atom is 0.251 e. The van der Waals surface area contributed by atoms with Gasteiger partial charge in [-0.05, 0) is 6.07 Å². The number of carbonyl (C=O) groups excluding carboxylic acids is 2. The number of aromatic nitrogens is 2. The Morgan fingerprint density at radius 2 is 2.25 bits per heavy atom. The number of nitrogens with zero attached hydrogens (tertiary/aromatic N) is 2. The minimum absolute atomic E-state index is 0.00906. The van der Waals surface area contributed by atoms with Crippen LogP contribution in [-0.2, 0) is 16.1 Å². The molecule has 0 bridgehead atoms. The van der Waals surface area contributed by atoms with Crippen LogP contribution in [-0.4, -0.2) is 21.6 Å². The van der Waals surface area contributed by atoms with Gasteiger partial charge in [0.1, 0.15) is 12.6 Å². The van der Waals surface area contributed by atoms with Gasteiger partial charge in [-0.15, -0.1) is 0 Å². The first kappa shape index (κ1) is 12.2. The lowest BCUT2D eigenvalue weighted by atomic mass is 10.1. The molecule has 1 aliphatic heterocycles. The van der Waals surface area contributed by atoms with Crippen molar-refractivity contribution < 1.29 is 9.59 Å². The Kier molecular flexibility index (Phi) is 2.86. The molecule has 0 radical (unpaired) electrons. The summed E-state index contributed by atoms with van der Waals surface area (Å²) >= 11 is 0. The first-order valence-electron chi connectivity index (χ1n) is 6.10. The Hall–Kier alpha value is -2.83. The van der Waals surface area contributed by atoms with Crippen molar-refractivity contribution in [2.24, 2.45) is 5.73 Å². The minimum atomic E-state index is -0.469. The lowest BCUT2D eigenvalue weighted by molar-refractivity contribution is -0.119. The van der Waals surface area contributed by atoms with E-state index in [2.05, 4.69) is 15.7 Å². The molecule has 0 saturated heterocycles. The normalized spacial score (nSPS) is 16.6. The van der Waals surface area contributed by atoms with E-state index in [0.717, 1.165) is 11.3 Å². The van der Waals surface area contributed by atoms with Crippen LogP contribution < -0.4 is 16.4 Å². The number of amides is 2. The summed E-state index contributed by atoms with van der Waals surface area (Å²) in [7, 11) is 0. The first-order valence-corrected chi connectivity index (χ1v) is 6.10. The number of carbonyl (C=O) groups is 2. The molecule has 2 amide bonds. The highest BCUT2D eigenvalue weighted by molar-refractivity contribution is 6.04. The number of fused-ring (bicyclic) bond motifs is 1. The number of anilines is 2. The molecule has 1 aromatic carbocycles. The van der Waals surface area contributed by atoms with E-state index in [0.29, 0.717) is 5.69 Å². The van der Waals surface area contributed by atoms with Gasteiger partial charge in [0.15, 0.2) is 0 Å². The molecule has 0 fully saturated rings. The predicted molar refractivity (Wildman–Crippen MR) is 72.9 cm³/mol. The molecular weight excluding hydrogens is 258 g/mol. The lowest BCUT2D eigenvalue weighted by Crippen LogP contribution is -2.20. The Morgan fingerprint density at radius 1 is 1.45 bits per heavy atom. The number of hydrogen-bond acceptors (Lipinski definition) is 4. The molecule has 2 aromatic rings. The SMILES string of the molecule is NC(=O)Cn1cc(NC2C(=O)Nc3ccccc32)cn1. The van der Waals surface area contributed by atoms with Crippen molar-refractivity contribution in [3.05, 3.63) is 42.2 Å². The van der Waals surface area contributed by atoms with E-state index in [9.17, 15) is 9.59 Å². The van der Waals surface area contributed by atoms with Gasteiger partial charge in [-0.1, -0.05) is 18.2 Å². The fourth-order valence-electron chi connectivity index (χ4n) is 2.20. The monoisotopic (exact) mass is 271 g/mol. The van der Waals surface area contributed by atoms with Gasteiger partial charge in [0.05, 0.1) is 11.9 Å². The molecule has 1 atom stereocenters. The quantitative estimate of drug-likeness (QED) is 0.752. The van der Waals surface area contributed by atoms with Crippen molar-refractivity contribution in [1.29, 1.82) is 0 Å².